The summed E-state index contributed by atoms with van der Waals surface area (Å²) >= 11 is 0. The second kappa shape index (κ2) is 7.53. The van der Waals surface area contributed by atoms with Crippen LogP contribution >= 0.6 is 0 Å². The van der Waals surface area contributed by atoms with Crippen LogP contribution in [0.5, 0.6) is 5.75 Å². The molecule has 29 heavy (non-hydrogen) atoms. The third kappa shape index (κ3) is 3.78. The van der Waals surface area contributed by atoms with Gasteiger partial charge in [0.1, 0.15) is 5.75 Å². The van der Waals surface area contributed by atoms with Gasteiger partial charge < -0.3 is 10.1 Å². The third-order valence-electron chi connectivity index (χ3n) is 4.52. The lowest BCUT2D eigenvalue weighted by atomic mass is 10.1. The van der Waals surface area contributed by atoms with Crippen LogP contribution in [0.4, 0.5) is 5.82 Å². The number of hydrogen-bond acceptors (Lipinski definition) is 6. The molecular weight excluding hydrogens is 390 g/mol. The van der Waals surface area contributed by atoms with Crippen molar-refractivity contribution in [1.82, 2.24) is 14.4 Å². The number of fused-ring (bicyclic) bond motifs is 1. The van der Waals surface area contributed by atoms with Gasteiger partial charge in [-0.15, -0.1) is 0 Å². The molecule has 0 saturated carbocycles. The highest BCUT2D eigenvalue weighted by Gasteiger charge is 2.13. The van der Waals surface area contributed by atoms with Gasteiger partial charge in [0.25, 0.3) is 0 Å². The Bertz CT molecular complexity index is 1270. The summed E-state index contributed by atoms with van der Waals surface area (Å²) < 4.78 is 30.1. The summed E-state index contributed by atoms with van der Waals surface area (Å²) in [5, 5.41) is 8.38. The van der Waals surface area contributed by atoms with Gasteiger partial charge in [0, 0.05) is 24.5 Å². The minimum atomic E-state index is -3.70. The minimum Gasteiger partial charge on any atom is -0.496 e. The number of primary sulfonamides is 1. The maximum absolute atomic E-state index is 11.4. The van der Waals surface area contributed by atoms with Crippen molar-refractivity contribution in [1.29, 1.82) is 0 Å². The van der Waals surface area contributed by atoms with Crippen molar-refractivity contribution in [3.63, 3.8) is 0 Å². The Morgan fingerprint density at radius 3 is 2.59 bits per heavy atom. The van der Waals surface area contributed by atoms with Crippen LogP contribution < -0.4 is 15.2 Å². The van der Waals surface area contributed by atoms with Gasteiger partial charge in [-0.05, 0) is 29.8 Å². The standard InChI is InChI=1S/C20H19N5O3S/c1-28-18-5-3-2-4-16(18)17-13-24-20-19(22-10-11-25(17)20)23-12-14-6-8-15(9-7-14)29(21,26)27/h2-11,13H,12H2,1H3,(H,22,23)(H2,21,26,27). The van der Waals surface area contributed by atoms with Gasteiger partial charge in [-0.1, -0.05) is 24.3 Å². The zero-order chi connectivity index (χ0) is 20.4. The first-order valence-corrected chi connectivity index (χ1v) is 10.3. The molecule has 2 heterocycles. The molecule has 3 N–H and O–H groups in total. The van der Waals surface area contributed by atoms with Crippen LogP contribution in [0.1, 0.15) is 5.56 Å². The Morgan fingerprint density at radius 2 is 1.86 bits per heavy atom. The van der Waals surface area contributed by atoms with Crippen LogP contribution in [0, 0.1) is 0 Å². The fourth-order valence-corrected chi connectivity index (χ4v) is 3.60. The van der Waals surface area contributed by atoms with E-state index >= 15 is 0 Å². The highest BCUT2D eigenvalue weighted by Crippen LogP contribution is 2.31. The topological polar surface area (TPSA) is 112 Å². The number of hydrogen-bond donors (Lipinski definition) is 2. The van der Waals surface area contributed by atoms with E-state index in [1.165, 1.54) is 12.1 Å². The molecule has 0 unspecified atom stereocenters. The predicted octanol–water partition coefficient (Wildman–Crippen LogP) is 2.66. The number of aromatic nitrogens is 3. The van der Waals surface area contributed by atoms with Crippen LogP contribution in [0.25, 0.3) is 16.9 Å². The number of rotatable bonds is 6. The Labute approximate surface area is 168 Å². The molecule has 4 rings (SSSR count). The van der Waals surface area contributed by atoms with Gasteiger partial charge in [-0.25, -0.2) is 23.5 Å². The number of ether oxygens (including phenoxy) is 1. The van der Waals surface area contributed by atoms with Crippen molar-refractivity contribution in [3.8, 4) is 17.0 Å². The highest BCUT2D eigenvalue weighted by molar-refractivity contribution is 7.89. The monoisotopic (exact) mass is 409 g/mol. The van der Waals surface area contributed by atoms with Crippen LogP contribution in [0.15, 0.2) is 72.0 Å². The van der Waals surface area contributed by atoms with Crippen LogP contribution in [0.2, 0.25) is 0 Å². The number of imidazole rings is 1. The molecule has 0 fully saturated rings. The summed E-state index contributed by atoms with van der Waals surface area (Å²) in [6.07, 6.45) is 5.32. The number of anilines is 1. The van der Waals surface area contributed by atoms with Gasteiger partial charge in [0.05, 0.1) is 23.9 Å². The van der Waals surface area contributed by atoms with E-state index < -0.39 is 10.0 Å². The first-order chi connectivity index (χ1) is 14.0. The molecular formula is C20H19N5O3S. The zero-order valence-corrected chi connectivity index (χ0v) is 16.4. The fraction of sp³-hybridized carbons (Fsp3) is 0.100. The van der Waals surface area contributed by atoms with E-state index in [0.717, 1.165) is 22.6 Å². The molecule has 0 atom stereocenters. The summed E-state index contributed by atoms with van der Waals surface area (Å²) in [7, 11) is -2.06. The largest absolute Gasteiger partial charge is 0.496 e. The number of methoxy groups -OCH3 is 1. The predicted molar refractivity (Wildman–Crippen MR) is 110 cm³/mol. The molecule has 0 spiro atoms. The van der Waals surface area contributed by atoms with Gasteiger partial charge in [-0.2, -0.15) is 0 Å². The van der Waals surface area contributed by atoms with Gasteiger partial charge in [-0.3, -0.25) is 4.40 Å². The second-order valence-electron chi connectivity index (χ2n) is 6.36. The molecule has 148 valence electrons. The molecule has 0 aliphatic carbocycles. The van der Waals surface area contributed by atoms with Crippen molar-refractivity contribution in [2.75, 3.05) is 12.4 Å². The van der Waals surface area contributed by atoms with Gasteiger partial charge in [0.15, 0.2) is 11.5 Å². The maximum Gasteiger partial charge on any atom is 0.238 e. The Kier molecular flexibility index (Phi) is 4.91. The lowest BCUT2D eigenvalue weighted by Crippen LogP contribution is -2.12. The quantitative estimate of drug-likeness (QED) is 0.506. The van der Waals surface area contributed by atoms with E-state index in [0.29, 0.717) is 18.0 Å². The lowest BCUT2D eigenvalue weighted by Gasteiger charge is -2.10. The molecule has 0 aliphatic heterocycles. The van der Waals surface area contributed by atoms with Crippen molar-refractivity contribution in [2.45, 2.75) is 11.4 Å². The van der Waals surface area contributed by atoms with Crippen molar-refractivity contribution in [3.05, 3.63) is 72.7 Å². The van der Waals surface area contributed by atoms with Gasteiger partial charge in [0.2, 0.25) is 10.0 Å². The average Bonchev–Trinajstić information content (AvgIpc) is 3.16. The Balaban J connectivity index is 1.62. The van der Waals surface area contributed by atoms with E-state index in [4.69, 9.17) is 9.88 Å². The zero-order valence-electron chi connectivity index (χ0n) is 15.6. The molecule has 4 aromatic rings. The lowest BCUT2D eigenvalue weighted by molar-refractivity contribution is 0.416. The molecule has 9 heteroatoms. The number of nitrogens with zero attached hydrogens (tertiary/aromatic N) is 3. The molecule has 8 nitrogen and oxygen atoms in total. The maximum atomic E-state index is 11.4. The molecule has 0 amide bonds. The van der Waals surface area contributed by atoms with Crippen molar-refractivity contribution < 1.29 is 13.2 Å². The van der Waals surface area contributed by atoms with E-state index in [2.05, 4.69) is 15.3 Å². The number of nitrogens with one attached hydrogen (secondary N) is 1. The molecule has 2 aromatic carbocycles. The molecule has 0 aliphatic rings. The summed E-state index contributed by atoms with van der Waals surface area (Å²) in [5.74, 6) is 1.37. The average molecular weight is 409 g/mol. The summed E-state index contributed by atoms with van der Waals surface area (Å²) in [5.41, 5.74) is 3.38. The Hall–Kier alpha value is -3.43. The number of sulfonamides is 1. The number of para-hydroxylation sites is 1. The number of nitrogens with two attached hydrogens (primary N) is 1. The molecule has 2 aromatic heterocycles. The van der Waals surface area contributed by atoms with Crippen LogP contribution in [-0.2, 0) is 16.6 Å². The fourth-order valence-electron chi connectivity index (χ4n) is 3.08. The molecule has 0 saturated heterocycles. The molecule has 0 radical (unpaired) electrons. The van der Waals surface area contributed by atoms with Crippen molar-refractivity contribution >= 4 is 21.5 Å². The molecule has 0 bridgehead atoms. The first-order valence-electron chi connectivity index (χ1n) is 8.78. The van der Waals surface area contributed by atoms with Crippen LogP contribution in [0.3, 0.4) is 0 Å². The van der Waals surface area contributed by atoms with E-state index in [1.807, 2.05) is 34.9 Å². The van der Waals surface area contributed by atoms with E-state index in [9.17, 15) is 8.42 Å². The SMILES string of the molecule is COc1ccccc1-c1cnc2c(NCc3ccc(S(N)(=O)=O)cc3)nccn12. The van der Waals surface area contributed by atoms with E-state index in [1.54, 1.807) is 31.6 Å². The summed E-state index contributed by atoms with van der Waals surface area (Å²) in [4.78, 5) is 8.98. The summed E-state index contributed by atoms with van der Waals surface area (Å²) in [6.45, 7) is 0.453. The Morgan fingerprint density at radius 1 is 1.10 bits per heavy atom. The normalized spacial score (nSPS) is 11.5. The summed E-state index contributed by atoms with van der Waals surface area (Å²) in [6, 6.07) is 14.1. The van der Waals surface area contributed by atoms with Crippen LogP contribution in [-0.4, -0.2) is 29.9 Å². The van der Waals surface area contributed by atoms with Crippen molar-refractivity contribution in [2.24, 2.45) is 5.14 Å². The third-order valence-corrected chi connectivity index (χ3v) is 5.45. The number of benzene rings is 2. The van der Waals surface area contributed by atoms with E-state index in [-0.39, 0.29) is 4.90 Å². The van der Waals surface area contributed by atoms with Gasteiger partial charge >= 0.3 is 0 Å². The second-order valence-corrected chi connectivity index (χ2v) is 7.92. The smallest absolute Gasteiger partial charge is 0.238 e. The first kappa shape index (κ1) is 18.9. The minimum absolute atomic E-state index is 0.0798. The highest BCUT2D eigenvalue weighted by atomic mass is 32.2.